The summed E-state index contributed by atoms with van der Waals surface area (Å²) in [7, 11) is 1.60. The minimum atomic E-state index is -0.938. The maximum atomic E-state index is 13.8. The Hall–Kier alpha value is -4.08. The van der Waals surface area contributed by atoms with Crippen molar-refractivity contribution >= 4 is 17.6 Å². The zero-order valence-corrected chi connectivity index (χ0v) is 26.1. The summed E-state index contributed by atoms with van der Waals surface area (Å²) in [5.41, 5.74) is 6.63. The number of carbonyl (C=O) groups is 2. The molecule has 3 atom stereocenters. The number of hydrogen-bond donors (Lipinski definition) is 2. The third kappa shape index (κ3) is 6.25. The van der Waals surface area contributed by atoms with Gasteiger partial charge in [0.2, 0.25) is 12.7 Å². The number of likely N-dealkylation sites (tertiary alicyclic amines) is 1. The number of anilines is 1. The largest absolute Gasteiger partial charge is 0.491 e. The highest BCUT2D eigenvalue weighted by atomic mass is 16.7. The lowest BCUT2D eigenvalue weighted by molar-refractivity contribution is -0.143. The zero-order chi connectivity index (χ0) is 31.4. The number of carboxylic acid groups (broad SMARTS) is 1. The lowest BCUT2D eigenvalue weighted by atomic mass is 9.81. The van der Waals surface area contributed by atoms with Crippen molar-refractivity contribution in [2.45, 2.75) is 52.5 Å². The van der Waals surface area contributed by atoms with Crippen LogP contribution in [0.3, 0.4) is 0 Å². The van der Waals surface area contributed by atoms with Crippen molar-refractivity contribution in [1.82, 2.24) is 4.90 Å². The number of hydrogen-bond acceptors (Lipinski definition) is 7. The van der Waals surface area contributed by atoms with Crippen LogP contribution in [0.5, 0.6) is 17.2 Å². The summed E-state index contributed by atoms with van der Waals surface area (Å²) in [6.07, 6.45) is 1.57. The molecule has 2 heterocycles. The van der Waals surface area contributed by atoms with Gasteiger partial charge in [-0.2, -0.15) is 0 Å². The van der Waals surface area contributed by atoms with Crippen LogP contribution >= 0.6 is 0 Å². The summed E-state index contributed by atoms with van der Waals surface area (Å²) < 4.78 is 22.6. The van der Waals surface area contributed by atoms with Gasteiger partial charge in [0.05, 0.1) is 25.1 Å². The number of nitrogens with zero attached hydrogens (tertiary/aromatic N) is 1. The number of carbonyl (C=O) groups excluding carboxylic acids is 1. The fourth-order valence-electron chi connectivity index (χ4n) is 6.72. The quantitative estimate of drug-likeness (QED) is 0.256. The highest BCUT2D eigenvalue weighted by molar-refractivity contribution is 5.94. The van der Waals surface area contributed by atoms with Crippen molar-refractivity contribution in [3.63, 3.8) is 0 Å². The number of aryl methyl sites for hydroxylation is 3. The molecule has 3 aromatic carbocycles. The summed E-state index contributed by atoms with van der Waals surface area (Å²) in [5, 5.41) is 14.0. The molecule has 2 aliphatic heterocycles. The number of benzene rings is 3. The molecule has 2 aliphatic rings. The number of rotatable bonds is 12. The Morgan fingerprint density at radius 3 is 2.41 bits per heavy atom. The van der Waals surface area contributed by atoms with Gasteiger partial charge in [-0.25, -0.2) is 0 Å². The first-order chi connectivity index (χ1) is 21.3. The molecule has 234 valence electrons. The second-order valence-corrected chi connectivity index (χ2v) is 11.5. The molecule has 0 aromatic heterocycles. The average Bonchev–Trinajstić information content (AvgIpc) is 3.64. The van der Waals surface area contributed by atoms with Crippen molar-refractivity contribution in [3.8, 4) is 17.2 Å². The van der Waals surface area contributed by atoms with Crippen LogP contribution in [0, 0.1) is 19.8 Å². The molecule has 0 spiro atoms. The number of carboxylic acids is 1. The number of fused-ring (bicyclic) bond motifs is 1. The summed E-state index contributed by atoms with van der Waals surface area (Å²) >= 11 is 0. The van der Waals surface area contributed by atoms with E-state index in [1.807, 2.05) is 48.2 Å². The topological polar surface area (TPSA) is 107 Å². The smallest absolute Gasteiger partial charge is 0.309 e. The predicted octanol–water partition coefficient (Wildman–Crippen LogP) is 5.66. The van der Waals surface area contributed by atoms with Gasteiger partial charge in [0.1, 0.15) is 12.4 Å². The van der Waals surface area contributed by atoms with E-state index in [-0.39, 0.29) is 19.2 Å². The second kappa shape index (κ2) is 13.7. The molecule has 1 fully saturated rings. The number of para-hydroxylation sites is 1. The molecule has 0 radical (unpaired) electrons. The van der Waals surface area contributed by atoms with Crippen LogP contribution in [0.15, 0.2) is 48.5 Å². The first-order valence-electron chi connectivity index (χ1n) is 15.3. The van der Waals surface area contributed by atoms with E-state index in [4.69, 9.17) is 18.9 Å². The Bertz CT molecular complexity index is 1500. The van der Waals surface area contributed by atoms with Gasteiger partial charge >= 0.3 is 5.97 Å². The lowest BCUT2D eigenvalue weighted by Crippen LogP contribution is -2.35. The Labute approximate surface area is 259 Å². The van der Waals surface area contributed by atoms with Crippen molar-refractivity contribution in [1.29, 1.82) is 0 Å². The fourth-order valence-corrected chi connectivity index (χ4v) is 6.72. The van der Waals surface area contributed by atoms with Gasteiger partial charge in [-0.3, -0.25) is 14.5 Å². The van der Waals surface area contributed by atoms with Crippen LogP contribution in [0.25, 0.3) is 0 Å². The number of nitrogens with one attached hydrogen (secondary N) is 1. The van der Waals surface area contributed by atoms with E-state index in [2.05, 4.69) is 38.2 Å². The summed E-state index contributed by atoms with van der Waals surface area (Å²) in [4.78, 5) is 29.0. The molecule has 9 heteroatoms. The summed E-state index contributed by atoms with van der Waals surface area (Å²) in [5.74, 6) is -0.526. The van der Waals surface area contributed by atoms with Crippen molar-refractivity contribution < 1.29 is 33.6 Å². The van der Waals surface area contributed by atoms with Gasteiger partial charge < -0.3 is 29.4 Å². The number of ether oxygens (including phenoxy) is 4. The minimum absolute atomic E-state index is 0.0150. The molecule has 2 N–H and O–H groups in total. The second-order valence-electron chi connectivity index (χ2n) is 11.5. The molecule has 0 unspecified atom stereocenters. The highest BCUT2D eigenvalue weighted by Crippen LogP contribution is 2.50. The van der Waals surface area contributed by atoms with Gasteiger partial charge in [-0.1, -0.05) is 55.8 Å². The van der Waals surface area contributed by atoms with E-state index >= 15 is 0 Å². The first kappa shape index (κ1) is 31.3. The maximum Gasteiger partial charge on any atom is 0.309 e. The van der Waals surface area contributed by atoms with Crippen LogP contribution in [0.2, 0.25) is 0 Å². The molecule has 5 rings (SSSR count). The van der Waals surface area contributed by atoms with E-state index < -0.39 is 23.8 Å². The Morgan fingerprint density at radius 1 is 1.00 bits per heavy atom. The maximum absolute atomic E-state index is 13.8. The average molecular weight is 603 g/mol. The molecule has 9 nitrogen and oxygen atoms in total. The van der Waals surface area contributed by atoms with Gasteiger partial charge in [-0.15, -0.1) is 0 Å². The number of amides is 1. The van der Waals surface area contributed by atoms with Gasteiger partial charge in [0.25, 0.3) is 0 Å². The molecule has 0 bridgehead atoms. The molecule has 0 aliphatic carbocycles. The van der Waals surface area contributed by atoms with Gasteiger partial charge in [0.15, 0.2) is 11.5 Å². The summed E-state index contributed by atoms with van der Waals surface area (Å²) in [6.45, 7) is 9.37. The number of methoxy groups -OCH3 is 1. The van der Waals surface area contributed by atoms with Crippen LogP contribution in [-0.4, -0.2) is 62.1 Å². The van der Waals surface area contributed by atoms with E-state index in [1.165, 1.54) is 0 Å². The molecular formula is C35H42N2O7. The van der Waals surface area contributed by atoms with Crippen molar-refractivity contribution in [2.75, 3.05) is 45.5 Å². The van der Waals surface area contributed by atoms with Gasteiger partial charge in [0, 0.05) is 30.8 Å². The third-order valence-corrected chi connectivity index (χ3v) is 8.71. The molecule has 3 aromatic rings. The van der Waals surface area contributed by atoms with Crippen LogP contribution in [0.4, 0.5) is 5.69 Å². The standard InChI is InChI=1S/C35H42N2O7/c1-6-23-16-21(3)17-24(7-2)32(23)36-30(38)19-37-18-27(25-12-13-29-34(22(25)4)44-20-43-29)31(35(39)40)33(37)26-10-8-9-11-28(26)42-15-14-41-5/h8-13,16-17,27,31,33H,6-7,14-15,18-20H2,1-5H3,(H,36,38)(H,39,40)/t27-,31-,33+/m1/s1. The monoisotopic (exact) mass is 602 g/mol. The van der Waals surface area contributed by atoms with E-state index in [0.29, 0.717) is 37.0 Å². The summed E-state index contributed by atoms with van der Waals surface area (Å²) in [6, 6.07) is 14.8. The van der Waals surface area contributed by atoms with Crippen LogP contribution < -0.4 is 19.5 Å². The predicted molar refractivity (Wildman–Crippen MR) is 168 cm³/mol. The third-order valence-electron chi connectivity index (χ3n) is 8.71. The Balaban J connectivity index is 1.54. The lowest BCUT2D eigenvalue weighted by Gasteiger charge is -2.28. The van der Waals surface area contributed by atoms with Crippen LogP contribution in [0.1, 0.15) is 59.2 Å². The van der Waals surface area contributed by atoms with Crippen molar-refractivity contribution in [2.24, 2.45) is 5.92 Å². The van der Waals surface area contributed by atoms with E-state index in [9.17, 15) is 14.7 Å². The van der Waals surface area contributed by atoms with Crippen molar-refractivity contribution in [3.05, 3.63) is 81.9 Å². The molecule has 44 heavy (non-hydrogen) atoms. The Kier molecular flexibility index (Phi) is 9.76. The minimum Gasteiger partial charge on any atom is -0.491 e. The van der Waals surface area contributed by atoms with Gasteiger partial charge in [-0.05, 0) is 61.1 Å². The van der Waals surface area contributed by atoms with E-state index in [0.717, 1.165) is 51.9 Å². The fraction of sp³-hybridized carbons (Fsp3) is 0.429. The first-order valence-corrected chi connectivity index (χ1v) is 15.3. The molecule has 0 saturated carbocycles. The normalized spacial score (nSPS) is 19.2. The van der Waals surface area contributed by atoms with Crippen LogP contribution in [-0.2, 0) is 27.2 Å². The van der Waals surface area contributed by atoms with E-state index in [1.54, 1.807) is 7.11 Å². The molecule has 1 amide bonds. The number of aliphatic carboxylic acids is 1. The zero-order valence-electron chi connectivity index (χ0n) is 26.1. The SMILES string of the molecule is CCc1cc(C)cc(CC)c1NC(=O)CN1C[C@H](c2ccc3c(c2C)OCO3)[C@@H](C(=O)O)[C@@H]1c1ccccc1OCCOC. The molecular weight excluding hydrogens is 560 g/mol. The molecule has 1 saturated heterocycles. The Morgan fingerprint density at radius 2 is 1.73 bits per heavy atom. The highest BCUT2D eigenvalue weighted by Gasteiger charge is 2.49.